The van der Waals surface area contributed by atoms with E-state index in [1.54, 1.807) is 12.4 Å². The Labute approximate surface area is 170 Å². The predicted octanol–water partition coefficient (Wildman–Crippen LogP) is 4.30. The minimum atomic E-state index is -0.858. The van der Waals surface area contributed by atoms with Crippen molar-refractivity contribution in [2.75, 3.05) is 5.32 Å². The van der Waals surface area contributed by atoms with Gasteiger partial charge in [-0.2, -0.15) is 0 Å². The van der Waals surface area contributed by atoms with Crippen LogP contribution in [-0.2, 0) is 16.0 Å². The Kier molecular flexibility index (Phi) is 5.22. The number of carbonyl (C=O) groups is 2. The molecule has 5 heteroatoms. The van der Waals surface area contributed by atoms with Crippen LogP contribution in [-0.4, -0.2) is 22.0 Å². The third kappa shape index (κ3) is 3.69. The monoisotopic (exact) mass is 390 g/mol. The summed E-state index contributed by atoms with van der Waals surface area (Å²) in [6.45, 7) is 4.06. The number of fused-ring (bicyclic) bond motifs is 2. The van der Waals surface area contributed by atoms with E-state index in [2.05, 4.69) is 10.3 Å². The maximum Gasteiger partial charge on any atom is 0.307 e. The number of nitrogens with zero attached hydrogens (tertiary/aromatic N) is 1. The zero-order valence-corrected chi connectivity index (χ0v) is 16.8. The minimum absolute atomic E-state index is 0.000915. The number of allylic oxidation sites excluding steroid dienone is 2. The van der Waals surface area contributed by atoms with Crippen molar-refractivity contribution in [3.8, 4) is 0 Å². The van der Waals surface area contributed by atoms with Crippen molar-refractivity contribution in [2.24, 2.45) is 23.7 Å². The number of carboxylic acid groups (broad SMARTS) is 1. The van der Waals surface area contributed by atoms with Gasteiger partial charge in [-0.1, -0.05) is 23.3 Å². The molecule has 150 valence electrons. The Morgan fingerprint density at radius 1 is 0.966 bits per heavy atom. The lowest BCUT2D eigenvalue weighted by molar-refractivity contribution is -0.148. The summed E-state index contributed by atoms with van der Waals surface area (Å²) < 4.78 is 0. The molecule has 4 rings (SSSR count). The highest BCUT2D eigenvalue weighted by atomic mass is 16.4. The minimum Gasteiger partial charge on any atom is -0.481 e. The molecule has 1 aromatic carbocycles. The molecule has 0 radical (unpaired) electrons. The van der Waals surface area contributed by atoms with Crippen LogP contribution in [0.1, 0.15) is 37.8 Å². The second kappa shape index (κ2) is 7.82. The number of aliphatic carboxylic acids is 1. The van der Waals surface area contributed by atoms with Crippen molar-refractivity contribution >= 4 is 17.6 Å². The molecular formula is C24H26N2O3. The highest BCUT2D eigenvalue weighted by Gasteiger charge is 2.57. The number of anilines is 1. The molecule has 2 bridgehead atoms. The average Bonchev–Trinajstić information content (AvgIpc) is 3.27. The van der Waals surface area contributed by atoms with Crippen molar-refractivity contribution in [3.05, 3.63) is 71.1 Å². The van der Waals surface area contributed by atoms with Crippen molar-refractivity contribution in [2.45, 2.75) is 33.1 Å². The molecule has 0 spiro atoms. The van der Waals surface area contributed by atoms with Gasteiger partial charge >= 0.3 is 5.97 Å². The third-order valence-corrected chi connectivity index (χ3v) is 6.39. The number of carboxylic acids is 1. The van der Waals surface area contributed by atoms with Crippen molar-refractivity contribution in [1.82, 2.24) is 4.98 Å². The molecule has 2 aromatic rings. The molecule has 1 heterocycles. The SMILES string of the molecule is CC(C)=C1[C@H]2CC[C@H]1[C@@H](C(=O)Nc1ccc(Cc3ccncc3)cc1)[C@H]2C(=O)O. The molecule has 2 saturated carbocycles. The van der Waals surface area contributed by atoms with Crippen LogP contribution in [0.2, 0.25) is 0 Å². The fraction of sp³-hybridized carbons (Fsp3) is 0.375. The van der Waals surface area contributed by atoms with E-state index < -0.39 is 17.8 Å². The molecule has 0 aliphatic heterocycles. The molecule has 0 saturated heterocycles. The smallest absolute Gasteiger partial charge is 0.307 e. The van der Waals surface area contributed by atoms with Crippen molar-refractivity contribution < 1.29 is 14.7 Å². The van der Waals surface area contributed by atoms with Gasteiger partial charge in [-0.3, -0.25) is 14.6 Å². The van der Waals surface area contributed by atoms with E-state index >= 15 is 0 Å². The molecule has 29 heavy (non-hydrogen) atoms. The largest absolute Gasteiger partial charge is 0.481 e. The van der Waals surface area contributed by atoms with E-state index in [9.17, 15) is 14.7 Å². The number of aromatic nitrogens is 1. The summed E-state index contributed by atoms with van der Waals surface area (Å²) >= 11 is 0. The van der Waals surface area contributed by atoms with Crippen LogP contribution < -0.4 is 5.32 Å². The molecule has 2 N–H and O–H groups in total. The first-order valence-corrected chi connectivity index (χ1v) is 10.1. The van der Waals surface area contributed by atoms with E-state index in [4.69, 9.17) is 0 Å². The second-order valence-corrected chi connectivity index (χ2v) is 8.35. The number of rotatable bonds is 5. The zero-order chi connectivity index (χ0) is 20.5. The van der Waals surface area contributed by atoms with E-state index in [0.717, 1.165) is 24.8 Å². The summed E-state index contributed by atoms with van der Waals surface area (Å²) in [7, 11) is 0. The normalized spacial score (nSPS) is 25.1. The van der Waals surface area contributed by atoms with Gasteiger partial charge in [0.05, 0.1) is 11.8 Å². The van der Waals surface area contributed by atoms with E-state index in [1.807, 2.05) is 50.2 Å². The lowest BCUT2D eigenvalue weighted by Crippen LogP contribution is -2.37. The number of amides is 1. The Bertz CT molecular complexity index is 946. The summed E-state index contributed by atoms with van der Waals surface area (Å²) in [6.07, 6.45) is 6.12. The van der Waals surface area contributed by atoms with Gasteiger partial charge in [-0.25, -0.2) is 0 Å². The molecular weight excluding hydrogens is 364 g/mol. The van der Waals surface area contributed by atoms with Crippen molar-refractivity contribution in [1.29, 1.82) is 0 Å². The maximum absolute atomic E-state index is 13.1. The lowest BCUT2D eigenvalue weighted by Gasteiger charge is -2.26. The highest BCUT2D eigenvalue weighted by Crippen LogP contribution is 2.57. The second-order valence-electron chi connectivity index (χ2n) is 8.35. The van der Waals surface area contributed by atoms with Gasteiger partial charge in [0.2, 0.25) is 5.91 Å². The fourth-order valence-electron chi connectivity index (χ4n) is 5.27. The average molecular weight is 390 g/mol. The van der Waals surface area contributed by atoms with Gasteiger partial charge in [-0.05, 0) is 80.3 Å². The molecule has 0 unspecified atom stereocenters. The van der Waals surface area contributed by atoms with Gasteiger partial charge in [0.15, 0.2) is 0 Å². The van der Waals surface area contributed by atoms with E-state index in [0.29, 0.717) is 5.69 Å². The number of benzene rings is 1. The molecule has 1 aromatic heterocycles. The van der Waals surface area contributed by atoms with Crippen LogP contribution in [0.4, 0.5) is 5.69 Å². The zero-order valence-electron chi connectivity index (χ0n) is 16.8. The number of hydrogen-bond acceptors (Lipinski definition) is 3. The summed E-state index contributed by atoms with van der Waals surface area (Å²) in [6, 6.07) is 11.7. The van der Waals surface area contributed by atoms with Crippen LogP contribution in [0.5, 0.6) is 0 Å². The summed E-state index contributed by atoms with van der Waals surface area (Å²) in [5.74, 6) is -2.09. The Morgan fingerprint density at radius 2 is 1.55 bits per heavy atom. The van der Waals surface area contributed by atoms with E-state index in [-0.39, 0.29) is 17.7 Å². The third-order valence-electron chi connectivity index (χ3n) is 6.39. The number of nitrogens with one attached hydrogen (secondary N) is 1. The molecule has 1 amide bonds. The number of pyridine rings is 1. The quantitative estimate of drug-likeness (QED) is 0.746. The first kappa shape index (κ1) is 19.4. The molecule has 4 atom stereocenters. The predicted molar refractivity (Wildman–Crippen MR) is 111 cm³/mol. The van der Waals surface area contributed by atoms with Gasteiger partial charge in [0, 0.05) is 18.1 Å². The topological polar surface area (TPSA) is 79.3 Å². The van der Waals surface area contributed by atoms with Crippen molar-refractivity contribution in [3.63, 3.8) is 0 Å². The molecule has 2 fully saturated rings. The van der Waals surface area contributed by atoms with Crippen LogP contribution >= 0.6 is 0 Å². The van der Waals surface area contributed by atoms with Crippen LogP contribution in [0, 0.1) is 23.7 Å². The molecule has 2 aliphatic rings. The van der Waals surface area contributed by atoms with Crippen LogP contribution in [0.25, 0.3) is 0 Å². The Hall–Kier alpha value is -2.95. The van der Waals surface area contributed by atoms with Gasteiger partial charge < -0.3 is 10.4 Å². The molecule has 5 nitrogen and oxygen atoms in total. The summed E-state index contributed by atoms with van der Waals surface area (Å²) in [5, 5.41) is 12.8. The number of hydrogen-bond donors (Lipinski definition) is 2. The first-order valence-electron chi connectivity index (χ1n) is 10.1. The van der Waals surface area contributed by atoms with E-state index in [1.165, 1.54) is 16.7 Å². The number of carbonyl (C=O) groups excluding carboxylic acids is 1. The van der Waals surface area contributed by atoms with Gasteiger partial charge in [-0.15, -0.1) is 0 Å². The summed E-state index contributed by atoms with van der Waals surface area (Å²) in [5.41, 5.74) is 5.39. The highest BCUT2D eigenvalue weighted by molar-refractivity contribution is 5.96. The van der Waals surface area contributed by atoms with Crippen LogP contribution in [0.15, 0.2) is 59.9 Å². The van der Waals surface area contributed by atoms with Gasteiger partial charge in [0.1, 0.15) is 0 Å². The molecule has 2 aliphatic carbocycles. The Morgan fingerprint density at radius 3 is 2.14 bits per heavy atom. The summed E-state index contributed by atoms with van der Waals surface area (Å²) in [4.78, 5) is 29.0. The van der Waals surface area contributed by atoms with Gasteiger partial charge in [0.25, 0.3) is 0 Å². The standard InChI is InChI=1S/C24H26N2O3/c1-14(2)20-18-7-8-19(20)22(24(28)29)21(18)23(27)26-17-5-3-15(4-6-17)13-16-9-11-25-12-10-16/h3-6,9-12,18-19,21-22H,7-8,13H2,1-2H3,(H,26,27)(H,28,29)/t18-,19-,21-,22+/m1/s1. The van der Waals surface area contributed by atoms with Crippen LogP contribution in [0.3, 0.4) is 0 Å². The maximum atomic E-state index is 13.1. The lowest BCUT2D eigenvalue weighted by atomic mass is 9.78. The Balaban J connectivity index is 1.49. The fourth-order valence-corrected chi connectivity index (χ4v) is 5.27. The first-order chi connectivity index (χ1) is 14.0.